The summed E-state index contributed by atoms with van der Waals surface area (Å²) in [4.78, 5) is 51.4. The Bertz CT molecular complexity index is 1400. The van der Waals surface area contributed by atoms with Gasteiger partial charge in [0, 0.05) is 27.3 Å². The molecule has 12 nitrogen and oxygen atoms in total. The van der Waals surface area contributed by atoms with Gasteiger partial charge in [0.1, 0.15) is 12.7 Å². The summed E-state index contributed by atoms with van der Waals surface area (Å²) in [7, 11) is 0. The largest absolute Gasteiger partial charge is 0.463 e. The second kappa shape index (κ2) is 11.8. The fourth-order valence-corrected chi connectivity index (χ4v) is 5.55. The molecule has 3 aromatic rings. The van der Waals surface area contributed by atoms with E-state index in [2.05, 4.69) is 32.0 Å². The first kappa shape index (κ1) is 27.8. The number of fused-ring (bicyclic) bond motifs is 1. The molecule has 2 aromatic heterocycles. The minimum atomic E-state index is -1.08. The highest BCUT2D eigenvalue weighted by Crippen LogP contribution is 2.40. The van der Waals surface area contributed by atoms with Crippen molar-refractivity contribution in [3.63, 3.8) is 0 Å². The van der Waals surface area contributed by atoms with Gasteiger partial charge in [-0.3, -0.25) is 19.0 Å². The van der Waals surface area contributed by atoms with Gasteiger partial charge in [-0.25, -0.2) is 4.98 Å². The summed E-state index contributed by atoms with van der Waals surface area (Å²) >= 11 is 6.46. The van der Waals surface area contributed by atoms with Gasteiger partial charge in [0.05, 0.1) is 12.4 Å². The lowest BCUT2D eigenvalue weighted by Gasteiger charge is -2.37. The van der Waals surface area contributed by atoms with E-state index in [0.29, 0.717) is 17.0 Å². The Kier molecular flexibility index (Phi) is 8.17. The predicted octanol–water partition coefficient (Wildman–Crippen LogP) is 3.54. The number of rotatable bonds is 7. The quantitative estimate of drug-likeness (QED) is 0.234. The number of hydrogen-bond donors (Lipinski definition) is 0. The number of ether oxygens (including phenoxy) is 4. The fourth-order valence-electron chi connectivity index (χ4n) is 5.39. The molecule has 4 heterocycles. The van der Waals surface area contributed by atoms with Crippen LogP contribution >= 0.6 is 11.6 Å². The summed E-state index contributed by atoms with van der Waals surface area (Å²) < 4.78 is 24.0. The van der Waals surface area contributed by atoms with Crippen molar-refractivity contribution in [2.45, 2.75) is 70.6 Å². The Morgan fingerprint density at radius 1 is 1.00 bits per heavy atom. The number of nitrogens with zero attached hydrogens (tertiary/aromatic N) is 5. The molecule has 0 N–H and O–H groups in total. The highest BCUT2D eigenvalue weighted by atomic mass is 35.5. The number of esters is 3. The van der Waals surface area contributed by atoms with E-state index in [1.54, 1.807) is 4.57 Å². The second-order valence-corrected chi connectivity index (χ2v) is 10.1. The van der Waals surface area contributed by atoms with Gasteiger partial charge >= 0.3 is 17.9 Å². The Morgan fingerprint density at radius 2 is 1.73 bits per heavy atom. The Labute approximate surface area is 235 Å². The van der Waals surface area contributed by atoms with Gasteiger partial charge in [0.2, 0.25) is 5.28 Å². The van der Waals surface area contributed by atoms with E-state index in [9.17, 15) is 14.4 Å². The number of halogens is 1. The highest BCUT2D eigenvalue weighted by Gasteiger charge is 2.51. The van der Waals surface area contributed by atoms with Crippen LogP contribution in [0.4, 0.5) is 5.82 Å². The standard InChI is InChI=1S/C27H30ClN5O7/c1-15(34)37-13-20-22(38-16(2)35)23(39-17(3)36)26(40-20)33-14-29-21-24(30-27(28)31-25(21)33)32-12-8-7-11-19(32)18-9-5-4-6-10-18/h4-6,9-10,14,19-20,22-23,26H,7-8,11-13H2,1-3H3/t19?,20-,22?,23?,26-/m1/s1. The van der Waals surface area contributed by atoms with E-state index in [0.717, 1.165) is 31.4 Å². The molecule has 5 atom stereocenters. The van der Waals surface area contributed by atoms with Crippen molar-refractivity contribution in [3.8, 4) is 0 Å². The van der Waals surface area contributed by atoms with Gasteiger partial charge in [-0.1, -0.05) is 30.3 Å². The molecule has 3 unspecified atom stereocenters. The lowest BCUT2D eigenvalue weighted by Crippen LogP contribution is -2.40. The molecule has 2 aliphatic rings. The smallest absolute Gasteiger partial charge is 0.303 e. The molecule has 2 saturated heterocycles. The van der Waals surface area contributed by atoms with E-state index in [4.69, 9.17) is 30.5 Å². The zero-order chi connectivity index (χ0) is 28.4. The third-order valence-corrected chi connectivity index (χ3v) is 7.12. The molecular formula is C27H30ClN5O7. The maximum absolute atomic E-state index is 12.1. The molecule has 0 spiro atoms. The highest BCUT2D eigenvalue weighted by molar-refractivity contribution is 6.28. The monoisotopic (exact) mass is 571 g/mol. The van der Waals surface area contributed by atoms with Crippen LogP contribution < -0.4 is 4.90 Å². The summed E-state index contributed by atoms with van der Waals surface area (Å²) in [6, 6.07) is 10.3. The van der Waals surface area contributed by atoms with Crippen molar-refractivity contribution in [2.24, 2.45) is 0 Å². The normalized spacial score (nSPS) is 24.6. The number of aromatic nitrogens is 4. The van der Waals surface area contributed by atoms with Gasteiger partial charge in [0.25, 0.3) is 0 Å². The van der Waals surface area contributed by atoms with Crippen LogP contribution in [0.1, 0.15) is 57.9 Å². The molecule has 2 fully saturated rings. The molecule has 0 radical (unpaired) electrons. The molecule has 2 aliphatic heterocycles. The van der Waals surface area contributed by atoms with E-state index in [1.807, 2.05) is 18.2 Å². The van der Waals surface area contributed by atoms with Gasteiger partial charge in [-0.2, -0.15) is 9.97 Å². The van der Waals surface area contributed by atoms with Gasteiger partial charge in [0.15, 0.2) is 35.4 Å². The first-order valence-corrected chi connectivity index (χ1v) is 13.5. The summed E-state index contributed by atoms with van der Waals surface area (Å²) in [6.07, 6.45) is 0.442. The predicted molar refractivity (Wildman–Crippen MR) is 142 cm³/mol. The first-order valence-electron chi connectivity index (χ1n) is 13.1. The van der Waals surface area contributed by atoms with Crippen LogP contribution in [0.3, 0.4) is 0 Å². The summed E-state index contributed by atoms with van der Waals surface area (Å²) in [5.41, 5.74) is 2.00. The van der Waals surface area contributed by atoms with Crippen molar-refractivity contribution >= 4 is 46.5 Å². The molecule has 212 valence electrons. The Morgan fingerprint density at radius 3 is 2.42 bits per heavy atom. The second-order valence-electron chi connectivity index (χ2n) is 9.77. The molecule has 5 rings (SSSR count). The first-order chi connectivity index (χ1) is 19.2. The number of anilines is 1. The molecule has 40 heavy (non-hydrogen) atoms. The third kappa shape index (κ3) is 5.73. The van der Waals surface area contributed by atoms with Crippen LogP contribution in [0, 0.1) is 0 Å². The van der Waals surface area contributed by atoms with Gasteiger partial charge in [-0.05, 0) is 36.4 Å². The zero-order valence-corrected chi connectivity index (χ0v) is 23.1. The van der Waals surface area contributed by atoms with Crippen LogP contribution in [-0.4, -0.2) is 68.9 Å². The number of hydrogen-bond acceptors (Lipinski definition) is 11. The average molecular weight is 572 g/mol. The topological polar surface area (TPSA) is 135 Å². The number of benzene rings is 1. The van der Waals surface area contributed by atoms with Crippen molar-refractivity contribution in [1.82, 2.24) is 19.5 Å². The minimum Gasteiger partial charge on any atom is -0.463 e. The maximum atomic E-state index is 12.1. The van der Waals surface area contributed by atoms with Gasteiger partial charge in [-0.15, -0.1) is 0 Å². The Hall–Kier alpha value is -3.77. The Balaban J connectivity index is 1.56. The van der Waals surface area contributed by atoms with Crippen LogP contribution in [0.15, 0.2) is 36.7 Å². The van der Waals surface area contributed by atoms with Crippen molar-refractivity contribution in [2.75, 3.05) is 18.1 Å². The molecular weight excluding hydrogens is 542 g/mol. The summed E-state index contributed by atoms with van der Waals surface area (Å²) in [5.74, 6) is -1.18. The van der Waals surface area contributed by atoms with E-state index < -0.39 is 42.4 Å². The fraction of sp³-hybridized carbons (Fsp3) is 0.481. The van der Waals surface area contributed by atoms with Crippen molar-refractivity contribution in [1.29, 1.82) is 0 Å². The molecule has 0 saturated carbocycles. The molecule has 1 aromatic carbocycles. The van der Waals surface area contributed by atoms with Crippen molar-refractivity contribution < 1.29 is 33.3 Å². The summed E-state index contributed by atoms with van der Waals surface area (Å²) in [5, 5.41) is 0.0108. The zero-order valence-electron chi connectivity index (χ0n) is 22.4. The lowest BCUT2D eigenvalue weighted by atomic mass is 9.95. The van der Waals surface area contributed by atoms with Crippen LogP contribution in [0.25, 0.3) is 11.2 Å². The van der Waals surface area contributed by atoms with Crippen LogP contribution in [0.5, 0.6) is 0 Å². The molecule has 13 heteroatoms. The number of imidazole rings is 1. The number of carbonyl (C=O) groups excluding carboxylic acids is 3. The van der Waals surface area contributed by atoms with E-state index in [-0.39, 0.29) is 17.9 Å². The van der Waals surface area contributed by atoms with E-state index in [1.165, 1.54) is 27.1 Å². The van der Waals surface area contributed by atoms with E-state index >= 15 is 0 Å². The molecule has 0 amide bonds. The molecule has 0 bridgehead atoms. The van der Waals surface area contributed by atoms with Crippen LogP contribution in [-0.2, 0) is 33.3 Å². The number of piperidine rings is 1. The summed E-state index contributed by atoms with van der Waals surface area (Å²) in [6.45, 7) is 4.26. The van der Waals surface area contributed by atoms with Crippen molar-refractivity contribution in [3.05, 3.63) is 47.5 Å². The molecule has 0 aliphatic carbocycles. The minimum absolute atomic E-state index is 0.0108. The van der Waals surface area contributed by atoms with Gasteiger partial charge < -0.3 is 23.8 Å². The van der Waals surface area contributed by atoms with Crippen LogP contribution in [0.2, 0.25) is 5.28 Å². The SMILES string of the molecule is CC(=O)OC[C@H]1O[C@@H](n2cnc3c(N4CCCCC4c4ccccc4)nc(Cl)nc32)C(OC(C)=O)C1OC(C)=O. The third-order valence-electron chi connectivity index (χ3n) is 6.95. The average Bonchev–Trinajstić information content (AvgIpc) is 3.48. The lowest BCUT2D eigenvalue weighted by molar-refractivity contribution is -0.166. The maximum Gasteiger partial charge on any atom is 0.303 e. The number of carbonyl (C=O) groups is 3.